The average molecular weight is 193 g/mol. The summed E-state index contributed by atoms with van der Waals surface area (Å²) in [5.41, 5.74) is 0. The number of hydrogen-bond donors (Lipinski definition) is 0. The highest BCUT2D eigenvalue weighted by Gasteiger charge is 2.37. The molecule has 0 N–H and O–H groups in total. The molecule has 0 aliphatic heterocycles. The van der Waals surface area contributed by atoms with Crippen LogP contribution in [0.4, 0.5) is 4.53 Å². The van der Waals surface area contributed by atoms with Gasteiger partial charge >= 0.3 is 5.97 Å². The van der Waals surface area contributed by atoms with E-state index in [1.165, 1.54) is 6.92 Å². The number of nitro groups is 1. The minimum absolute atomic E-state index is 0.330. The van der Waals surface area contributed by atoms with Gasteiger partial charge in [0.1, 0.15) is 5.92 Å². The van der Waals surface area contributed by atoms with E-state index in [0.29, 0.717) is 0 Å². The molecule has 0 saturated carbocycles. The van der Waals surface area contributed by atoms with Gasteiger partial charge in [-0.15, -0.1) is 0 Å². The summed E-state index contributed by atoms with van der Waals surface area (Å²) in [5, 5.41) is 10.3. The van der Waals surface area contributed by atoms with Gasteiger partial charge in [-0.1, -0.05) is 13.8 Å². The SMILES string of the molecule is CC(C)C(C(=O)OF)C(C)[N+](=O)[O-]. The first-order valence-corrected chi connectivity index (χ1v) is 3.87. The van der Waals surface area contributed by atoms with E-state index in [-0.39, 0.29) is 5.92 Å². The van der Waals surface area contributed by atoms with Crippen LogP contribution in [0.1, 0.15) is 20.8 Å². The highest BCUT2D eigenvalue weighted by atomic mass is 19.3. The molecule has 0 aliphatic carbocycles. The van der Waals surface area contributed by atoms with Gasteiger partial charge in [0.15, 0.2) is 0 Å². The Balaban J connectivity index is 4.60. The second-order valence-corrected chi connectivity index (χ2v) is 3.19. The van der Waals surface area contributed by atoms with Crippen molar-refractivity contribution in [3.05, 3.63) is 10.1 Å². The number of halogens is 1. The van der Waals surface area contributed by atoms with E-state index in [0.717, 1.165) is 0 Å². The Labute approximate surface area is 74.9 Å². The minimum atomic E-state index is -1.18. The lowest BCUT2D eigenvalue weighted by Gasteiger charge is -2.17. The number of rotatable bonds is 4. The van der Waals surface area contributed by atoms with Crippen LogP contribution >= 0.6 is 0 Å². The van der Waals surface area contributed by atoms with Gasteiger partial charge in [0.25, 0.3) is 0 Å². The lowest BCUT2D eigenvalue weighted by molar-refractivity contribution is -0.527. The van der Waals surface area contributed by atoms with Crippen LogP contribution in [0, 0.1) is 22.0 Å². The number of carbonyl (C=O) groups excluding carboxylic acids is 1. The third-order valence-electron chi connectivity index (χ3n) is 1.92. The second kappa shape index (κ2) is 4.74. The molecule has 2 unspecified atom stereocenters. The number of nitrogens with zero attached hydrogens (tertiary/aromatic N) is 1. The van der Waals surface area contributed by atoms with Gasteiger partial charge in [0.2, 0.25) is 6.04 Å². The molecule has 0 rings (SSSR count). The lowest BCUT2D eigenvalue weighted by atomic mass is 9.90. The van der Waals surface area contributed by atoms with Crippen LogP contribution in [0.3, 0.4) is 0 Å². The maximum absolute atomic E-state index is 11.5. The van der Waals surface area contributed by atoms with E-state index in [1.807, 2.05) is 0 Å². The third-order valence-corrected chi connectivity index (χ3v) is 1.92. The number of hydrogen-bond acceptors (Lipinski definition) is 4. The Bertz CT molecular complexity index is 207. The molecule has 6 heteroatoms. The summed E-state index contributed by atoms with van der Waals surface area (Å²) in [6.45, 7) is 4.45. The van der Waals surface area contributed by atoms with E-state index in [2.05, 4.69) is 4.94 Å². The predicted molar refractivity (Wildman–Crippen MR) is 42.0 cm³/mol. The molecule has 0 saturated heterocycles. The maximum atomic E-state index is 11.5. The smallest absolute Gasteiger partial charge is 0.264 e. The van der Waals surface area contributed by atoms with Gasteiger partial charge < -0.3 is 0 Å². The second-order valence-electron chi connectivity index (χ2n) is 3.19. The molecule has 0 amide bonds. The van der Waals surface area contributed by atoms with Crippen LogP contribution in [0.2, 0.25) is 0 Å². The molecule has 0 heterocycles. The largest absolute Gasteiger partial charge is 0.359 e. The fourth-order valence-corrected chi connectivity index (χ4v) is 1.21. The molecule has 0 aromatic rings. The van der Waals surface area contributed by atoms with Crippen LogP contribution in [-0.4, -0.2) is 16.9 Å². The van der Waals surface area contributed by atoms with Crippen molar-refractivity contribution in [2.75, 3.05) is 0 Å². The van der Waals surface area contributed by atoms with Gasteiger partial charge in [0.05, 0.1) is 0 Å². The summed E-state index contributed by atoms with van der Waals surface area (Å²) in [6.07, 6.45) is 0. The van der Waals surface area contributed by atoms with E-state index >= 15 is 0 Å². The van der Waals surface area contributed by atoms with Crippen molar-refractivity contribution in [2.45, 2.75) is 26.8 Å². The summed E-state index contributed by atoms with van der Waals surface area (Å²) in [4.78, 5) is 23.5. The zero-order valence-electron chi connectivity index (χ0n) is 7.69. The first-order chi connectivity index (χ1) is 5.91. The van der Waals surface area contributed by atoms with Crippen molar-refractivity contribution >= 4 is 5.97 Å². The molecule has 0 spiro atoms. The first-order valence-electron chi connectivity index (χ1n) is 3.87. The summed E-state index contributed by atoms with van der Waals surface area (Å²) in [6, 6.07) is -1.14. The van der Waals surface area contributed by atoms with Crippen molar-refractivity contribution in [3.8, 4) is 0 Å². The van der Waals surface area contributed by atoms with Gasteiger partial charge in [0, 0.05) is 16.4 Å². The van der Waals surface area contributed by atoms with E-state index in [9.17, 15) is 19.4 Å². The fraction of sp³-hybridized carbons (Fsp3) is 0.857. The predicted octanol–water partition coefficient (Wildman–Crippen LogP) is 1.35. The Hall–Kier alpha value is -1.20. The molecule has 0 aromatic heterocycles. The van der Waals surface area contributed by atoms with E-state index in [1.54, 1.807) is 13.8 Å². The van der Waals surface area contributed by atoms with Crippen molar-refractivity contribution in [2.24, 2.45) is 11.8 Å². The van der Waals surface area contributed by atoms with Crippen LogP contribution in [0.25, 0.3) is 0 Å². The highest BCUT2D eigenvalue weighted by Crippen LogP contribution is 2.19. The number of carbonyl (C=O) groups is 1. The third kappa shape index (κ3) is 2.96. The molecule has 0 bridgehead atoms. The Morgan fingerprint density at radius 1 is 1.46 bits per heavy atom. The Kier molecular flexibility index (Phi) is 4.30. The normalized spacial score (nSPS) is 15.2. The summed E-state index contributed by atoms with van der Waals surface area (Å²) in [5.74, 6) is -2.55. The summed E-state index contributed by atoms with van der Waals surface area (Å²) >= 11 is 0. The maximum Gasteiger partial charge on any atom is 0.359 e. The van der Waals surface area contributed by atoms with E-state index < -0.39 is 22.9 Å². The molecule has 13 heavy (non-hydrogen) atoms. The Morgan fingerprint density at radius 3 is 2.15 bits per heavy atom. The highest BCUT2D eigenvalue weighted by molar-refractivity contribution is 5.72. The zero-order chi connectivity index (χ0) is 10.6. The van der Waals surface area contributed by atoms with E-state index in [4.69, 9.17) is 0 Å². The van der Waals surface area contributed by atoms with Crippen LogP contribution < -0.4 is 0 Å². The molecule has 76 valence electrons. The van der Waals surface area contributed by atoms with Crippen LogP contribution in [-0.2, 0) is 9.74 Å². The van der Waals surface area contributed by atoms with Gasteiger partial charge in [-0.2, -0.15) is 0 Å². The standard InChI is InChI=1S/C7H12FNO4/c1-4(2)6(7(10)13-8)5(3)9(11)12/h4-6H,1-3H3. The first kappa shape index (κ1) is 11.8. The van der Waals surface area contributed by atoms with Crippen LogP contribution in [0.15, 0.2) is 0 Å². The summed E-state index contributed by atoms with van der Waals surface area (Å²) < 4.78 is 11.5. The quantitative estimate of drug-likeness (QED) is 0.499. The molecule has 0 aliphatic rings. The fourth-order valence-electron chi connectivity index (χ4n) is 1.21. The molecule has 0 fully saturated rings. The molecule has 2 atom stereocenters. The van der Waals surface area contributed by atoms with Crippen LogP contribution in [0.5, 0.6) is 0 Å². The monoisotopic (exact) mass is 193 g/mol. The van der Waals surface area contributed by atoms with Crippen molar-refractivity contribution < 1.29 is 19.2 Å². The average Bonchev–Trinajstić information content (AvgIpc) is 2.03. The molecule has 0 aromatic carbocycles. The van der Waals surface area contributed by atoms with Gasteiger partial charge in [-0.3, -0.25) is 15.1 Å². The van der Waals surface area contributed by atoms with Crippen molar-refractivity contribution in [1.82, 2.24) is 0 Å². The topological polar surface area (TPSA) is 69.4 Å². The Morgan fingerprint density at radius 2 is 1.92 bits per heavy atom. The minimum Gasteiger partial charge on any atom is -0.264 e. The van der Waals surface area contributed by atoms with Crippen molar-refractivity contribution in [1.29, 1.82) is 0 Å². The van der Waals surface area contributed by atoms with Gasteiger partial charge in [-0.05, 0) is 5.92 Å². The molecular formula is C7H12FNO4. The summed E-state index contributed by atoms with van der Waals surface area (Å²) in [7, 11) is 0. The molecular weight excluding hydrogens is 181 g/mol. The van der Waals surface area contributed by atoms with Gasteiger partial charge in [-0.25, -0.2) is 4.79 Å². The molecule has 0 radical (unpaired) electrons. The molecule has 5 nitrogen and oxygen atoms in total. The zero-order valence-corrected chi connectivity index (χ0v) is 7.69. The lowest BCUT2D eigenvalue weighted by Crippen LogP contribution is -2.36. The van der Waals surface area contributed by atoms with Crippen molar-refractivity contribution in [3.63, 3.8) is 0 Å².